The van der Waals surface area contributed by atoms with Crippen LogP contribution < -0.4 is 0 Å². The molecule has 0 N–H and O–H groups in total. The van der Waals surface area contributed by atoms with Crippen LogP contribution in [0.1, 0.15) is 0 Å². The summed E-state index contributed by atoms with van der Waals surface area (Å²) < 4.78 is 0.316. The molecule has 0 bridgehead atoms. The van der Waals surface area contributed by atoms with Crippen molar-refractivity contribution in [2.24, 2.45) is 0 Å². The maximum Gasteiger partial charge on any atom is 0.378 e. The zero-order valence-electron chi connectivity index (χ0n) is 3.88. The van der Waals surface area contributed by atoms with Gasteiger partial charge in [-0.05, 0) is 0 Å². The molecule has 50 valence electrons. The van der Waals surface area contributed by atoms with E-state index >= 15 is 0 Å². The van der Waals surface area contributed by atoms with Crippen LogP contribution in [-0.2, 0) is 0 Å². The molecule has 0 heterocycles. The summed E-state index contributed by atoms with van der Waals surface area (Å²) in [5.74, 6) is 0. The van der Waals surface area contributed by atoms with Crippen LogP contribution in [0.2, 0.25) is 0 Å². The molecule has 0 saturated carbocycles. The average Bonchev–Trinajstić information content (AvgIpc) is 1.84. The molecular weight excluding hydrogens is 188 g/mol. The fourth-order valence-electron chi connectivity index (χ4n) is 0.109. The Labute approximate surface area is 66.4 Å². The standard InChI is InChI=1S/C2Cl3N3O/c3-7(1-6)2(9)8(4)5. The Morgan fingerprint density at radius 3 is 2.00 bits per heavy atom. The third-order valence-corrected chi connectivity index (χ3v) is 0.910. The first-order valence-corrected chi connectivity index (χ1v) is 2.62. The number of rotatable bonds is 0. The van der Waals surface area contributed by atoms with Gasteiger partial charge >= 0.3 is 6.03 Å². The molecule has 0 radical (unpaired) electrons. The van der Waals surface area contributed by atoms with E-state index in [4.69, 9.17) is 40.6 Å². The Balaban J connectivity index is 3.92. The van der Waals surface area contributed by atoms with Crippen LogP contribution in [0, 0.1) is 11.5 Å². The van der Waals surface area contributed by atoms with Crippen molar-refractivity contribution in [2.45, 2.75) is 0 Å². The van der Waals surface area contributed by atoms with Crippen LogP contribution in [0.3, 0.4) is 0 Å². The minimum atomic E-state index is -1.01. The molecule has 0 aromatic rings. The first-order chi connectivity index (χ1) is 4.09. The van der Waals surface area contributed by atoms with Gasteiger partial charge in [0, 0.05) is 35.3 Å². The van der Waals surface area contributed by atoms with Gasteiger partial charge in [0.2, 0.25) is 6.19 Å². The molecule has 0 aliphatic carbocycles. The number of halogens is 3. The smallest absolute Gasteiger partial charge is 0.243 e. The van der Waals surface area contributed by atoms with E-state index in [9.17, 15) is 4.79 Å². The van der Waals surface area contributed by atoms with Gasteiger partial charge in [0.05, 0.1) is 0 Å². The normalized spacial score (nSPS) is 7.78. The Kier molecular flexibility index (Phi) is 3.47. The molecule has 2 amide bonds. The second-order valence-corrected chi connectivity index (χ2v) is 2.08. The number of urea groups is 1. The Morgan fingerprint density at radius 2 is 1.89 bits per heavy atom. The van der Waals surface area contributed by atoms with Crippen molar-refractivity contribution < 1.29 is 4.79 Å². The van der Waals surface area contributed by atoms with E-state index in [1.165, 1.54) is 6.19 Å². The molecule has 0 unspecified atom stereocenters. The van der Waals surface area contributed by atoms with E-state index in [2.05, 4.69) is 0 Å². The molecule has 0 fully saturated rings. The van der Waals surface area contributed by atoms with Crippen LogP contribution in [0.5, 0.6) is 0 Å². The topological polar surface area (TPSA) is 47.3 Å². The monoisotopic (exact) mass is 187 g/mol. The van der Waals surface area contributed by atoms with Gasteiger partial charge in [0.25, 0.3) is 0 Å². The second kappa shape index (κ2) is 3.62. The van der Waals surface area contributed by atoms with Crippen LogP contribution >= 0.6 is 35.3 Å². The van der Waals surface area contributed by atoms with E-state index in [0.717, 1.165) is 0 Å². The van der Waals surface area contributed by atoms with E-state index < -0.39 is 6.03 Å². The highest BCUT2D eigenvalue weighted by Crippen LogP contribution is 2.06. The van der Waals surface area contributed by atoms with E-state index in [-0.39, 0.29) is 8.36 Å². The summed E-state index contributed by atoms with van der Waals surface area (Å²) in [6.07, 6.45) is 1.28. The number of hydrogen-bond donors (Lipinski definition) is 0. The van der Waals surface area contributed by atoms with Crippen molar-refractivity contribution in [1.82, 2.24) is 8.36 Å². The van der Waals surface area contributed by atoms with Crippen molar-refractivity contribution in [2.75, 3.05) is 0 Å². The summed E-state index contributed by atoms with van der Waals surface area (Å²) in [6.45, 7) is 0. The summed E-state index contributed by atoms with van der Waals surface area (Å²) in [5.41, 5.74) is 0. The van der Waals surface area contributed by atoms with Crippen molar-refractivity contribution in [3.8, 4) is 6.19 Å². The largest absolute Gasteiger partial charge is 0.378 e. The van der Waals surface area contributed by atoms with Crippen molar-refractivity contribution in [3.63, 3.8) is 0 Å². The van der Waals surface area contributed by atoms with E-state index in [0.29, 0.717) is 0 Å². The molecule has 7 heteroatoms. The van der Waals surface area contributed by atoms with Gasteiger partial charge in [-0.2, -0.15) is 5.26 Å². The van der Waals surface area contributed by atoms with Gasteiger partial charge in [-0.1, -0.05) is 0 Å². The van der Waals surface area contributed by atoms with Crippen molar-refractivity contribution in [1.29, 1.82) is 5.26 Å². The summed E-state index contributed by atoms with van der Waals surface area (Å²) >= 11 is 14.7. The van der Waals surface area contributed by atoms with Crippen LogP contribution in [0.15, 0.2) is 0 Å². The summed E-state index contributed by atoms with van der Waals surface area (Å²) in [5, 5.41) is 7.93. The molecule has 4 nitrogen and oxygen atoms in total. The van der Waals surface area contributed by atoms with E-state index in [1.807, 2.05) is 0 Å². The predicted molar refractivity (Wildman–Crippen MR) is 32.2 cm³/mol. The molecule has 0 aliphatic heterocycles. The zero-order valence-corrected chi connectivity index (χ0v) is 6.15. The lowest BCUT2D eigenvalue weighted by Gasteiger charge is -2.04. The number of hydrogen-bond acceptors (Lipinski definition) is 2. The molecule has 0 aliphatic rings. The molecular formula is C2Cl3N3O. The van der Waals surface area contributed by atoms with Gasteiger partial charge in [0.15, 0.2) is 0 Å². The predicted octanol–water partition coefficient (Wildman–Crippen LogP) is 1.65. The number of amides is 2. The maximum absolute atomic E-state index is 10.3. The van der Waals surface area contributed by atoms with Gasteiger partial charge in [0.1, 0.15) is 0 Å². The third kappa shape index (κ3) is 2.61. The number of carbonyl (C=O) groups is 1. The molecule has 0 aromatic heterocycles. The van der Waals surface area contributed by atoms with Gasteiger partial charge in [-0.25, -0.2) is 4.79 Å². The Morgan fingerprint density at radius 1 is 1.44 bits per heavy atom. The Hall–Kier alpha value is -0.370. The SMILES string of the molecule is N#CN(Cl)C(=O)N(Cl)Cl. The molecule has 0 atom stereocenters. The lowest BCUT2D eigenvalue weighted by Crippen LogP contribution is -2.22. The van der Waals surface area contributed by atoms with Crippen molar-refractivity contribution in [3.05, 3.63) is 0 Å². The molecule has 0 spiro atoms. The summed E-state index contributed by atoms with van der Waals surface area (Å²) in [4.78, 5) is 10.3. The molecule has 0 rings (SSSR count). The second-order valence-electron chi connectivity index (χ2n) is 0.896. The fraction of sp³-hybridized carbons (Fsp3) is 0. The Bertz CT molecular complexity index is 152. The van der Waals surface area contributed by atoms with Gasteiger partial charge < -0.3 is 0 Å². The molecule has 0 saturated heterocycles. The first-order valence-electron chi connectivity index (χ1n) is 1.61. The highest BCUT2D eigenvalue weighted by Gasteiger charge is 2.15. The summed E-state index contributed by atoms with van der Waals surface area (Å²) in [7, 11) is 0. The van der Waals surface area contributed by atoms with E-state index in [1.54, 1.807) is 0 Å². The minimum Gasteiger partial charge on any atom is -0.243 e. The quantitative estimate of drug-likeness (QED) is 0.330. The average molecular weight is 188 g/mol. The number of nitrogens with zero attached hydrogens (tertiary/aromatic N) is 3. The van der Waals surface area contributed by atoms with Crippen LogP contribution in [-0.4, -0.2) is 14.4 Å². The zero-order chi connectivity index (χ0) is 7.44. The fourth-order valence-corrected chi connectivity index (χ4v) is 0.413. The number of nitriles is 1. The highest BCUT2D eigenvalue weighted by molar-refractivity contribution is 6.43. The molecule has 9 heavy (non-hydrogen) atoms. The highest BCUT2D eigenvalue weighted by atomic mass is 35.5. The molecule has 0 aromatic carbocycles. The first kappa shape index (κ1) is 8.63. The third-order valence-electron chi connectivity index (χ3n) is 0.400. The minimum absolute atomic E-state index is 0.149. The lowest BCUT2D eigenvalue weighted by molar-refractivity contribution is 0.229. The van der Waals surface area contributed by atoms with Gasteiger partial charge in [-0.15, -0.1) is 8.36 Å². The number of carbonyl (C=O) groups excluding carboxylic acids is 1. The van der Waals surface area contributed by atoms with Crippen LogP contribution in [0.25, 0.3) is 0 Å². The van der Waals surface area contributed by atoms with Gasteiger partial charge in [-0.3, -0.25) is 0 Å². The maximum atomic E-state index is 10.3. The van der Waals surface area contributed by atoms with Crippen molar-refractivity contribution >= 4 is 41.4 Å². The van der Waals surface area contributed by atoms with Crippen LogP contribution in [0.4, 0.5) is 4.79 Å². The summed E-state index contributed by atoms with van der Waals surface area (Å²) in [6, 6.07) is -1.01. The lowest BCUT2D eigenvalue weighted by atomic mass is 11.0.